The first-order valence-corrected chi connectivity index (χ1v) is 11.0. The topological polar surface area (TPSA) is 84.5 Å². The van der Waals surface area contributed by atoms with E-state index in [4.69, 9.17) is 27.9 Å². The number of nitrogens with one attached hydrogen (secondary N) is 2. The van der Waals surface area contributed by atoms with Gasteiger partial charge in [0.2, 0.25) is 0 Å². The zero-order chi connectivity index (χ0) is 21.9. The lowest BCUT2D eigenvalue weighted by Crippen LogP contribution is -2.16. The molecule has 0 aliphatic heterocycles. The highest BCUT2D eigenvalue weighted by Crippen LogP contribution is 2.30. The third kappa shape index (κ3) is 5.05. The van der Waals surface area contributed by atoms with E-state index in [0.29, 0.717) is 32.6 Å². The zero-order valence-electron chi connectivity index (χ0n) is 16.1. The summed E-state index contributed by atoms with van der Waals surface area (Å²) in [5.74, 6) is -0.140. The van der Waals surface area contributed by atoms with E-state index in [1.54, 1.807) is 43.3 Å². The molecule has 0 saturated heterocycles. The van der Waals surface area contributed by atoms with E-state index in [1.807, 2.05) is 0 Å². The van der Waals surface area contributed by atoms with Crippen molar-refractivity contribution in [2.75, 3.05) is 17.1 Å². The van der Waals surface area contributed by atoms with Gasteiger partial charge in [0.1, 0.15) is 5.75 Å². The van der Waals surface area contributed by atoms with Crippen molar-refractivity contribution in [3.63, 3.8) is 0 Å². The SMILES string of the molecule is COc1ccc(S(=O)(=O)Nc2ccc(Cl)cc2C)cc1NC(=O)c1cccc(Cl)c1. The average Bonchev–Trinajstić information content (AvgIpc) is 2.70. The summed E-state index contributed by atoms with van der Waals surface area (Å²) >= 11 is 11.9. The van der Waals surface area contributed by atoms with Crippen LogP contribution in [0, 0.1) is 6.92 Å². The number of benzene rings is 3. The average molecular weight is 465 g/mol. The van der Waals surface area contributed by atoms with E-state index in [-0.39, 0.29) is 10.6 Å². The largest absolute Gasteiger partial charge is 0.495 e. The molecule has 6 nitrogen and oxygen atoms in total. The minimum Gasteiger partial charge on any atom is -0.495 e. The van der Waals surface area contributed by atoms with Crippen LogP contribution in [0.4, 0.5) is 11.4 Å². The van der Waals surface area contributed by atoms with Gasteiger partial charge in [-0.05, 0) is 67.1 Å². The second-order valence-corrected chi connectivity index (χ2v) is 8.95. The van der Waals surface area contributed by atoms with Crippen molar-refractivity contribution in [2.24, 2.45) is 0 Å². The maximum Gasteiger partial charge on any atom is 0.261 e. The zero-order valence-corrected chi connectivity index (χ0v) is 18.4. The van der Waals surface area contributed by atoms with Crippen LogP contribution in [0.25, 0.3) is 0 Å². The molecule has 0 atom stereocenters. The molecule has 0 aromatic heterocycles. The first kappa shape index (κ1) is 22.0. The van der Waals surface area contributed by atoms with Crippen molar-refractivity contribution in [1.82, 2.24) is 0 Å². The Labute approximate surface area is 184 Å². The van der Waals surface area contributed by atoms with Crippen molar-refractivity contribution in [3.8, 4) is 5.75 Å². The Hall–Kier alpha value is -2.74. The van der Waals surface area contributed by atoms with Gasteiger partial charge in [0.05, 0.1) is 23.4 Å². The van der Waals surface area contributed by atoms with Crippen LogP contribution in [0.2, 0.25) is 10.0 Å². The van der Waals surface area contributed by atoms with Crippen molar-refractivity contribution in [1.29, 1.82) is 0 Å². The van der Waals surface area contributed by atoms with Crippen LogP contribution in [0.1, 0.15) is 15.9 Å². The summed E-state index contributed by atoms with van der Waals surface area (Å²) in [6.45, 7) is 1.74. The Morgan fingerprint density at radius 1 is 0.933 bits per heavy atom. The molecule has 3 aromatic rings. The molecular weight excluding hydrogens is 447 g/mol. The third-order valence-electron chi connectivity index (χ3n) is 4.25. The minimum absolute atomic E-state index is 0.0426. The maximum absolute atomic E-state index is 12.9. The molecule has 0 saturated carbocycles. The highest BCUT2D eigenvalue weighted by molar-refractivity contribution is 7.92. The maximum atomic E-state index is 12.9. The van der Waals surface area contributed by atoms with Gasteiger partial charge in [0.15, 0.2) is 0 Å². The van der Waals surface area contributed by atoms with Crippen LogP contribution < -0.4 is 14.8 Å². The number of rotatable bonds is 6. The Bertz CT molecular complexity index is 1210. The van der Waals surface area contributed by atoms with Gasteiger partial charge in [-0.25, -0.2) is 8.42 Å². The van der Waals surface area contributed by atoms with Crippen molar-refractivity contribution in [2.45, 2.75) is 11.8 Å². The summed E-state index contributed by atoms with van der Waals surface area (Å²) in [6.07, 6.45) is 0. The number of hydrogen-bond acceptors (Lipinski definition) is 4. The predicted octanol–water partition coefficient (Wildman–Crippen LogP) is 5.36. The summed E-state index contributed by atoms with van der Waals surface area (Å²) < 4.78 is 33.5. The number of anilines is 2. The Morgan fingerprint density at radius 3 is 2.33 bits per heavy atom. The smallest absolute Gasteiger partial charge is 0.261 e. The van der Waals surface area contributed by atoms with Gasteiger partial charge >= 0.3 is 0 Å². The number of methoxy groups -OCH3 is 1. The lowest BCUT2D eigenvalue weighted by atomic mass is 10.2. The lowest BCUT2D eigenvalue weighted by Gasteiger charge is -2.14. The summed E-state index contributed by atoms with van der Waals surface area (Å²) in [4.78, 5) is 12.5. The number of halogens is 2. The molecule has 0 radical (unpaired) electrons. The second-order valence-electron chi connectivity index (χ2n) is 6.39. The van der Waals surface area contributed by atoms with Gasteiger partial charge in [-0.1, -0.05) is 29.3 Å². The monoisotopic (exact) mass is 464 g/mol. The number of carbonyl (C=O) groups excluding carboxylic acids is 1. The molecule has 1 amide bonds. The van der Waals surface area contributed by atoms with Crippen LogP contribution in [-0.4, -0.2) is 21.4 Å². The normalized spacial score (nSPS) is 11.1. The van der Waals surface area contributed by atoms with Crippen molar-refractivity contribution >= 4 is 50.5 Å². The molecule has 9 heteroatoms. The molecule has 30 heavy (non-hydrogen) atoms. The van der Waals surface area contributed by atoms with Crippen LogP contribution in [-0.2, 0) is 10.0 Å². The molecular formula is C21H18Cl2N2O4S. The molecule has 3 rings (SSSR count). The number of ether oxygens (including phenoxy) is 1. The lowest BCUT2D eigenvalue weighted by molar-refractivity contribution is 0.102. The molecule has 0 fully saturated rings. The van der Waals surface area contributed by atoms with Crippen molar-refractivity contribution < 1.29 is 17.9 Å². The fourth-order valence-electron chi connectivity index (χ4n) is 2.72. The van der Waals surface area contributed by atoms with Gasteiger partial charge in [-0.15, -0.1) is 0 Å². The molecule has 0 heterocycles. The summed E-state index contributed by atoms with van der Waals surface area (Å²) in [6, 6.07) is 15.4. The van der Waals surface area contributed by atoms with Crippen LogP contribution >= 0.6 is 23.2 Å². The third-order valence-corrected chi connectivity index (χ3v) is 6.08. The number of amides is 1. The number of sulfonamides is 1. The Kier molecular flexibility index (Phi) is 6.55. The van der Waals surface area contributed by atoms with Gasteiger partial charge in [-0.2, -0.15) is 0 Å². The summed E-state index contributed by atoms with van der Waals surface area (Å²) in [5, 5.41) is 3.58. The first-order valence-electron chi connectivity index (χ1n) is 8.73. The molecule has 0 aliphatic rings. The van der Waals surface area contributed by atoms with E-state index < -0.39 is 15.9 Å². The van der Waals surface area contributed by atoms with Crippen molar-refractivity contribution in [3.05, 3.63) is 81.8 Å². The number of carbonyl (C=O) groups is 1. The highest BCUT2D eigenvalue weighted by atomic mass is 35.5. The van der Waals surface area contributed by atoms with E-state index in [9.17, 15) is 13.2 Å². The molecule has 0 aliphatic carbocycles. The molecule has 0 unspecified atom stereocenters. The quantitative estimate of drug-likeness (QED) is 0.513. The molecule has 156 valence electrons. The number of hydrogen-bond donors (Lipinski definition) is 2. The van der Waals surface area contributed by atoms with E-state index >= 15 is 0 Å². The summed E-state index contributed by atoms with van der Waals surface area (Å²) in [7, 11) is -2.50. The second kappa shape index (κ2) is 8.95. The Morgan fingerprint density at radius 2 is 1.67 bits per heavy atom. The van der Waals surface area contributed by atoms with E-state index in [0.717, 1.165) is 0 Å². The van der Waals surface area contributed by atoms with Crippen LogP contribution in [0.5, 0.6) is 5.75 Å². The van der Waals surface area contributed by atoms with Crippen LogP contribution in [0.3, 0.4) is 0 Å². The predicted molar refractivity (Wildman–Crippen MR) is 119 cm³/mol. The standard InChI is InChI=1S/C21H18Cl2N2O4S/c1-13-10-16(23)6-8-18(13)25-30(27,28)17-7-9-20(29-2)19(12-17)24-21(26)14-4-3-5-15(22)11-14/h3-12,25H,1-2H3,(H,24,26). The van der Waals surface area contributed by atoms with Gasteiger partial charge in [-0.3, -0.25) is 9.52 Å². The van der Waals surface area contributed by atoms with Crippen LogP contribution in [0.15, 0.2) is 65.6 Å². The molecule has 0 spiro atoms. The number of aryl methyl sites for hydroxylation is 1. The Balaban J connectivity index is 1.92. The highest BCUT2D eigenvalue weighted by Gasteiger charge is 2.19. The van der Waals surface area contributed by atoms with E-state index in [1.165, 1.54) is 31.4 Å². The fourth-order valence-corrected chi connectivity index (χ4v) is 4.29. The van der Waals surface area contributed by atoms with Gasteiger partial charge < -0.3 is 10.1 Å². The van der Waals surface area contributed by atoms with Gasteiger partial charge in [0.25, 0.3) is 15.9 Å². The fraction of sp³-hybridized carbons (Fsp3) is 0.0952. The molecule has 2 N–H and O–H groups in total. The summed E-state index contributed by atoms with van der Waals surface area (Å²) in [5.41, 5.74) is 1.61. The van der Waals surface area contributed by atoms with Gasteiger partial charge in [0, 0.05) is 15.6 Å². The molecule has 0 bridgehead atoms. The van der Waals surface area contributed by atoms with E-state index in [2.05, 4.69) is 10.0 Å². The minimum atomic E-state index is -3.92. The first-order chi connectivity index (χ1) is 14.2. The molecule has 3 aromatic carbocycles.